The number of nitrogens with zero attached hydrogens (tertiary/aromatic N) is 2. The van der Waals surface area contributed by atoms with Gasteiger partial charge in [-0.05, 0) is 18.2 Å². The minimum Gasteiger partial charge on any atom is -0.391 e. The van der Waals surface area contributed by atoms with Crippen LogP contribution < -0.4 is 0 Å². The number of nitriles is 1. The van der Waals surface area contributed by atoms with Crippen LogP contribution in [0, 0.1) is 11.3 Å². The van der Waals surface area contributed by atoms with E-state index in [2.05, 4.69) is 11.2 Å². The highest BCUT2D eigenvalue weighted by atomic mass is 35.5. The van der Waals surface area contributed by atoms with Crippen LogP contribution in [0.15, 0.2) is 47.6 Å². The first-order valence-corrected chi connectivity index (χ1v) is 6.54. The van der Waals surface area contributed by atoms with Crippen LogP contribution in [0.1, 0.15) is 16.7 Å². The molecule has 2 aromatic rings. The molecular weight excluding hydrogens is 295 g/mol. The van der Waals surface area contributed by atoms with E-state index in [1.54, 1.807) is 30.3 Å². The Labute approximate surface area is 127 Å². The second-order valence-electron chi connectivity index (χ2n) is 3.94. The minimum atomic E-state index is 0.228. The van der Waals surface area contributed by atoms with Crippen molar-refractivity contribution in [3.63, 3.8) is 0 Å². The van der Waals surface area contributed by atoms with Crippen LogP contribution >= 0.6 is 23.2 Å². The van der Waals surface area contributed by atoms with Gasteiger partial charge in [0.1, 0.15) is 6.61 Å². The number of hydrogen-bond acceptors (Lipinski definition) is 3. The summed E-state index contributed by atoms with van der Waals surface area (Å²) in [6.45, 7) is 0.228. The molecule has 5 heteroatoms. The SMILES string of the molecule is N#Cc1ccccc1CO/N=C\c1ccc(Cl)cc1Cl. The highest BCUT2D eigenvalue weighted by Crippen LogP contribution is 2.19. The zero-order chi connectivity index (χ0) is 14.4. The number of benzene rings is 2. The summed E-state index contributed by atoms with van der Waals surface area (Å²) in [7, 11) is 0. The Hall–Kier alpha value is -2.02. The maximum absolute atomic E-state index is 8.94. The summed E-state index contributed by atoms with van der Waals surface area (Å²) in [4.78, 5) is 5.18. The molecule has 0 spiro atoms. The number of oxime groups is 1. The average Bonchev–Trinajstić information content (AvgIpc) is 2.46. The maximum Gasteiger partial charge on any atom is 0.143 e. The average molecular weight is 305 g/mol. The molecule has 2 aromatic carbocycles. The van der Waals surface area contributed by atoms with E-state index in [1.165, 1.54) is 6.21 Å². The summed E-state index contributed by atoms with van der Waals surface area (Å²) in [5.41, 5.74) is 2.08. The van der Waals surface area contributed by atoms with Crippen molar-refractivity contribution in [2.75, 3.05) is 0 Å². The van der Waals surface area contributed by atoms with Crippen molar-refractivity contribution in [1.29, 1.82) is 5.26 Å². The van der Waals surface area contributed by atoms with Crippen LogP contribution in [0.25, 0.3) is 0 Å². The van der Waals surface area contributed by atoms with Crippen molar-refractivity contribution in [2.24, 2.45) is 5.16 Å². The molecule has 0 unspecified atom stereocenters. The lowest BCUT2D eigenvalue weighted by Crippen LogP contribution is -1.92. The second kappa shape index (κ2) is 6.95. The van der Waals surface area contributed by atoms with Gasteiger partial charge in [-0.25, -0.2) is 0 Å². The predicted octanol–water partition coefficient (Wildman–Crippen LogP) is 4.42. The van der Waals surface area contributed by atoms with E-state index < -0.39 is 0 Å². The molecule has 2 rings (SSSR count). The monoisotopic (exact) mass is 304 g/mol. The van der Waals surface area contributed by atoms with Crippen LogP contribution in [0.3, 0.4) is 0 Å². The molecule has 0 atom stereocenters. The van der Waals surface area contributed by atoms with Gasteiger partial charge >= 0.3 is 0 Å². The number of hydrogen-bond donors (Lipinski definition) is 0. The van der Waals surface area contributed by atoms with Gasteiger partial charge in [0.05, 0.1) is 22.9 Å². The van der Waals surface area contributed by atoms with Gasteiger partial charge in [-0.15, -0.1) is 0 Å². The Kier molecular flexibility index (Phi) is 5.00. The van der Waals surface area contributed by atoms with Crippen molar-refractivity contribution >= 4 is 29.4 Å². The van der Waals surface area contributed by atoms with Gasteiger partial charge in [0, 0.05) is 16.1 Å². The van der Waals surface area contributed by atoms with Crippen LogP contribution in [0.2, 0.25) is 10.0 Å². The normalized spacial score (nSPS) is 10.4. The zero-order valence-corrected chi connectivity index (χ0v) is 11.9. The van der Waals surface area contributed by atoms with E-state index >= 15 is 0 Å². The largest absolute Gasteiger partial charge is 0.391 e. The maximum atomic E-state index is 8.94. The van der Waals surface area contributed by atoms with E-state index in [0.29, 0.717) is 21.2 Å². The Morgan fingerprint density at radius 3 is 2.75 bits per heavy atom. The summed E-state index contributed by atoms with van der Waals surface area (Å²) in [6.07, 6.45) is 1.51. The van der Waals surface area contributed by atoms with Crippen molar-refractivity contribution in [3.8, 4) is 6.07 Å². The lowest BCUT2D eigenvalue weighted by molar-refractivity contribution is 0.132. The van der Waals surface area contributed by atoms with Crippen LogP contribution in [-0.2, 0) is 11.4 Å². The number of rotatable bonds is 4. The van der Waals surface area contributed by atoms with Gasteiger partial charge < -0.3 is 4.84 Å². The van der Waals surface area contributed by atoms with Gasteiger partial charge in [0.15, 0.2) is 0 Å². The molecule has 0 radical (unpaired) electrons. The predicted molar refractivity (Wildman–Crippen MR) is 80.0 cm³/mol. The van der Waals surface area contributed by atoms with E-state index in [1.807, 2.05) is 12.1 Å². The zero-order valence-electron chi connectivity index (χ0n) is 10.4. The topological polar surface area (TPSA) is 45.4 Å². The Bertz CT molecular complexity index is 678. The fraction of sp³-hybridized carbons (Fsp3) is 0.0667. The summed E-state index contributed by atoms with van der Waals surface area (Å²) >= 11 is 11.8. The van der Waals surface area contributed by atoms with Crippen molar-refractivity contribution in [1.82, 2.24) is 0 Å². The van der Waals surface area contributed by atoms with Gasteiger partial charge in [0.25, 0.3) is 0 Å². The quantitative estimate of drug-likeness (QED) is 0.620. The fourth-order valence-corrected chi connectivity index (χ4v) is 2.02. The summed E-state index contributed by atoms with van der Waals surface area (Å²) in [5, 5.41) is 13.9. The summed E-state index contributed by atoms with van der Waals surface area (Å²) < 4.78 is 0. The highest BCUT2D eigenvalue weighted by Gasteiger charge is 2.01. The first kappa shape index (κ1) is 14.4. The molecule has 100 valence electrons. The van der Waals surface area contributed by atoms with Crippen molar-refractivity contribution < 1.29 is 4.84 Å². The van der Waals surface area contributed by atoms with Crippen LogP contribution in [-0.4, -0.2) is 6.21 Å². The highest BCUT2D eigenvalue weighted by molar-refractivity contribution is 6.36. The lowest BCUT2D eigenvalue weighted by Gasteiger charge is -2.02. The Morgan fingerprint density at radius 1 is 1.20 bits per heavy atom. The third kappa shape index (κ3) is 3.74. The molecule has 0 N–H and O–H groups in total. The molecule has 0 saturated carbocycles. The molecule has 0 saturated heterocycles. The molecular formula is C15H10Cl2N2O. The Morgan fingerprint density at radius 2 is 2.00 bits per heavy atom. The summed E-state index contributed by atoms with van der Waals surface area (Å²) in [5.74, 6) is 0. The summed E-state index contributed by atoms with van der Waals surface area (Å²) in [6, 6.07) is 14.4. The van der Waals surface area contributed by atoms with Crippen LogP contribution in [0.4, 0.5) is 0 Å². The van der Waals surface area contributed by atoms with Gasteiger partial charge in [-0.3, -0.25) is 0 Å². The lowest BCUT2D eigenvalue weighted by atomic mass is 10.1. The van der Waals surface area contributed by atoms with Crippen molar-refractivity contribution in [2.45, 2.75) is 6.61 Å². The third-order valence-electron chi connectivity index (χ3n) is 2.59. The van der Waals surface area contributed by atoms with Gasteiger partial charge in [-0.1, -0.05) is 52.6 Å². The molecule has 20 heavy (non-hydrogen) atoms. The third-order valence-corrected chi connectivity index (χ3v) is 3.15. The van der Waals surface area contributed by atoms with E-state index in [-0.39, 0.29) is 6.61 Å². The molecule has 3 nitrogen and oxygen atoms in total. The minimum absolute atomic E-state index is 0.228. The molecule has 0 bridgehead atoms. The van der Waals surface area contributed by atoms with Gasteiger partial charge in [-0.2, -0.15) is 5.26 Å². The first-order chi connectivity index (χ1) is 9.70. The molecule has 0 aliphatic carbocycles. The Balaban J connectivity index is 1.99. The van der Waals surface area contributed by atoms with Crippen molar-refractivity contribution in [3.05, 3.63) is 69.2 Å². The van der Waals surface area contributed by atoms with E-state index in [4.69, 9.17) is 33.3 Å². The molecule has 0 aliphatic rings. The smallest absolute Gasteiger partial charge is 0.143 e. The second-order valence-corrected chi connectivity index (χ2v) is 4.79. The molecule has 0 fully saturated rings. The standard InChI is InChI=1S/C15H10Cl2N2O/c16-14-6-5-12(15(17)7-14)9-19-20-10-13-4-2-1-3-11(13)8-18/h1-7,9H,10H2/b19-9-. The number of halogens is 2. The molecule has 0 aliphatic heterocycles. The molecule has 0 amide bonds. The van der Waals surface area contributed by atoms with E-state index in [0.717, 1.165) is 5.56 Å². The van der Waals surface area contributed by atoms with E-state index in [9.17, 15) is 0 Å². The van der Waals surface area contributed by atoms with Gasteiger partial charge in [0.2, 0.25) is 0 Å². The fourth-order valence-electron chi connectivity index (χ4n) is 1.56. The molecule has 0 aromatic heterocycles. The molecule has 0 heterocycles. The first-order valence-electron chi connectivity index (χ1n) is 5.79. The van der Waals surface area contributed by atoms with Crippen LogP contribution in [0.5, 0.6) is 0 Å².